The number of hydrogen-bond donors (Lipinski definition) is 1. The molecule has 0 fully saturated rings. The Morgan fingerprint density at radius 2 is 1.83 bits per heavy atom. The lowest BCUT2D eigenvalue weighted by Crippen LogP contribution is -2.31. The van der Waals surface area contributed by atoms with E-state index in [-0.39, 0.29) is 18.6 Å². The van der Waals surface area contributed by atoms with Gasteiger partial charge in [-0.05, 0) is 43.7 Å². The molecule has 0 bridgehead atoms. The normalized spacial score (nSPS) is 11.6. The van der Waals surface area contributed by atoms with Gasteiger partial charge in [-0.3, -0.25) is 4.79 Å². The Hall–Kier alpha value is -2.20. The number of para-hydroxylation sites is 2. The van der Waals surface area contributed by atoms with Crippen molar-refractivity contribution in [2.45, 2.75) is 19.9 Å². The number of rotatable bonds is 7. The monoisotopic (exact) mass is 333 g/mol. The number of hydrogen-bond acceptors (Lipinski definition) is 3. The molecule has 5 heteroatoms. The first kappa shape index (κ1) is 17.2. The molecule has 2 aromatic carbocycles. The molecule has 0 saturated carbocycles. The van der Waals surface area contributed by atoms with Crippen LogP contribution in [0.4, 0.5) is 0 Å². The van der Waals surface area contributed by atoms with Gasteiger partial charge in [0.1, 0.15) is 0 Å². The van der Waals surface area contributed by atoms with Crippen LogP contribution in [0.15, 0.2) is 48.5 Å². The molecule has 0 aliphatic rings. The minimum absolute atomic E-state index is 0.0744. The van der Waals surface area contributed by atoms with E-state index in [4.69, 9.17) is 21.1 Å². The summed E-state index contributed by atoms with van der Waals surface area (Å²) in [5.74, 6) is 0.981. The average Bonchev–Trinajstić information content (AvgIpc) is 2.54. The van der Waals surface area contributed by atoms with Crippen LogP contribution in [-0.2, 0) is 4.79 Å². The van der Waals surface area contributed by atoms with Gasteiger partial charge in [0.2, 0.25) is 0 Å². The fraction of sp³-hybridized carbons (Fsp3) is 0.278. The maximum atomic E-state index is 12.0. The summed E-state index contributed by atoms with van der Waals surface area (Å²) in [5, 5.41) is 3.53. The largest absolute Gasteiger partial charge is 0.490 e. The second-order valence-electron chi connectivity index (χ2n) is 5.01. The van der Waals surface area contributed by atoms with Crippen molar-refractivity contribution in [3.05, 3.63) is 59.1 Å². The molecule has 1 amide bonds. The standard InChI is InChI=1S/C18H20ClNO3/c1-3-22-16-9-4-5-10-17(16)23-12-18(21)20-13(2)14-7-6-8-15(19)11-14/h4-11,13H,3,12H2,1-2H3,(H,20,21)/t13-/m0/s1. The van der Waals surface area contributed by atoms with Crippen molar-refractivity contribution in [1.29, 1.82) is 0 Å². The molecule has 0 aromatic heterocycles. The average molecular weight is 334 g/mol. The van der Waals surface area contributed by atoms with E-state index < -0.39 is 0 Å². The van der Waals surface area contributed by atoms with E-state index in [0.717, 1.165) is 5.56 Å². The Balaban J connectivity index is 1.90. The first-order chi connectivity index (χ1) is 11.1. The summed E-state index contributed by atoms with van der Waals surface area (Å²) in [6.07, 6.45) is 0. The number of halogens is 1. The lowest BCUT2D eigenvalue weighted by Gasteiger charge is -2.16. The predicted molar refractivity (Wildman–Crippen MR) is 91.1 cm³/mol. The molecule has 0 heterocycles. The second kappa shape index (κ2) is 8.44. The second-order valence-corrected chi connectivity index (χ2v) is 5.45. The molecule has 122 valence electrons. The maximum Gasteiger partial charge on any atom is 0.258 e. The van der Waals surface area contributed by atoms with Crippen molar-refractivity contribution in [3.63, 3.8) is 0 Å². The van der Waals surface area contributed by atoms with Crippen LogP contribution >= 0.6 is 11.6 Å². The van der Waals surface area contributed by atoms with Gasteiger partial charge < -0.3 is 14.8 Å². The van der Waals surface area contributed by atoms with Crippen molar-refractivity contribution < 1.29 is 14.3 Å². The van der Waals surface area contributed by atoms with Gasteiger partial charge in [0, 0.05) is 5.02 Å². The third-order valence-corrected chi connectivity index (χ3v) is 3.47. The van der Waals surface area contributed by atoms with E-state index >= 15 is 0 Å². The molecular formula is C18H20ClNO3. The van der Waals surface area contributed by atoms with Crippen LogP contribution in [0, 0.1) is 0 Å². The third kappa shape index (κ3) is 5.18. The Morgan fingerprint density at radius 3 is 2.48 bits per heavy atom. The van der Waals surface area contributed by atoms with E-state index in [0.29, 0.717) is 23.1 Å². The number of benzene rings is 2. The van der Waals surface area contributed by atoms with Gasteiger partial charge in [0.25, 0.3) is 5.91 Å². The summed E-state index contributed by atoms with van der Waals surface area (Å²) < 4.78 is 11.0. The van der Waals surface area contributed by atoms with Crippen LogP contribution in [0.5, 0.6) is 11.5 Å². The number of carbonyl (C=O) groups excluding carboxylic acids is 1. The SMILES string of the molecule is CCOc1ccccc1OCC(=O)N[C@@H](C)c1cccc(Cl)c1. The molecule has 4 nitrogen and oxygen atoms in total. The Bertz CT molecular complexity index is 660. The first-order valence-electron chi connectivity index (χ1n) is 7.49. The zero-order chi connectivity index (χ0) is 16.7. The van der Waals surface area contributed by atoms with Crippen molar-refractivity contribution in [2.75, 3.05) is 13.2 Å². The van der Waals surface area contributed by atoms with Crippen LogP contribution in [-0.4, -0.2) is 19.1 Å². The molecule has 0 radical (unpaired) electrons. The quantitative estimate of drug-likeness (QED) is 0.833. The molecule has 0 aliphatic carbocycles. The third-order valence-electron chi connectivity index (χ3n) is 3.23. The van der Waals surface area contributed by atoms with Crippen molar-refractivity contribution in [1.82, 2.24) is 5.32 Å². The van der Waals surface area contributed by atoms with Gasteiger partial charge in [0.15, 0.2) is 18.1 Å². The van der Waals surface area contributed by atoms with Crippen molar-refractivity contribution in [3.8, 4) is 11.5 Å². The Kier molecular flexibility index (Phi) is 6.29. The molecule has 0 unspecified atom stereocenters. The summed E-state index contributed by atoms with van der Waals surface area (Å²) in [7, 11) is 0. The van der Waals surface area contributed by atoms with Gasteiger partial charge >= 0.3 is 0 Å². The molecule has 1 N–H and O–H groups in total. The maximum absolute atomic E-state index is 12.0. The van der Waals surface area contributed by atoms with Gasteiger partial charge in [-0.15, -0.1) is 0 Å². The molecule has 0 spiro atoms. The zero-order valence-electron chi connectivity index (χ0n) is 13.2. The predicted octanol–water partition coefficient (Wildman–Crippen LogP) is 3.99. The minimum atomic E-state index is -0.205. The van der Waals surface area contributed by atoms with Crippen LogP contribution < -0.4 is 14.8 Å². The van der Waals surface area contributed by atoms with Gasteiger partial charge in [0.05, 0.1) is 12.6 Å². The highest BCUT2D eigenvalue weighted by Gasteiger charge is 2.11. The summed E-state index contributed by atoms with van der Waals surface area (Å²) in [6.45, 7) is 4.27. The van der Waals surface area contributed by atoms with Gasteiger partial charge in [-0.25, -0.2) is 0 Å². The van der Waals surface area contributed by atoms with E-state index in [2.05, 4.69) is 5.32 Å². The summed E-state index contributed by atoms with van der Waals surface area (Å²) in [5.41, 5.74) is 0.945. The fourth-order valence-electron chi connectivity index (χ4n) is 2.13. The number of ether oxygens (including phenoxy) is 2. The van der Waals surface area contributed by atoms with E-state index in [1.54, 1.807) is 12.1 Å². The lowest BCUT2D eigenvalue weighted by molar-refractivity contribution is -0.123. The number of nitrogens with one attached hydrogen (secondary N) is 1. The topological polar surface area (TPSA) is 47.6 Å². The van der Waals surface area contributed by atoms with Crippen molar-refractivity contribution >= 4 is 17.5 Å². The molecule has 1 atom stereocenters. The Morgan fingerprint density at radius 1 is 1.13 bits per heavy atom. The number of amides is 1. The summed E-state index contributed by atoms with van der Waals surface area (Å²) >= 11 is 5.96. The zero-order valence-corrected chi connectivity index (χ0v) is 14.0. The molecule has 2 aromatic rings. The summed E-state index contributed by atoms with van der Waals surface area (Å²) in [4.78, 5) is 12.0. The van der Waals surface area contributed by atoms with E-state index in [1.807, 2.05) is 50.2 Å². The van der Waals surface area contributed by atoms with E-state index in [9.17, 15) is 4.79 Å². The highest BCUT2D eigenvalue weighted by Crippen LogP contribution is 2.26. The van der Waals surface area contributed by atoms with E-state index in [1.165, 1.54) is 0 Å². The smallest absolute Gasteiger partial charge is 0.258 e. The van der Waals surface area contributed by atoms with Crippen LogP contribution in [0.2, 0.25) is 5.02 Å². The van der Waals surface area contributed by atoms with Crippen LogP contribution in [0.3, 0.4) is 0 Å². The molecule has 0 aliphatic heterocycles. The minimum Gasteiger partial charge on any atom is -0.490 e. The molecule has 0 saturated heterocycles. The molecule has 23 heavy (non-hydrogen) atoms. The Labute approximate surface area is 141 Å². The summed E-state index contributed by atoms with van der Waals surface area (Å²) in [6, 6.07) is 14.5. The van der Waals surface area contributed by atoms with Crippen molar-refractivity contribution in [2.24, 2.45) is 0 Å². The lowest BCUT2D eigenvalue weighted by atomic mass is 10.1. The van der Waals surface area contributed by atoms with Crippen LogP contribution in [0.1, 0.15) is 25.5 Å². The van der Waals surface area contributed by atoms with Gasteiger partial charge in [-0.2, -0.15) is 0 Å². The first-order valence-corrected chi connectivity index (χ1v) is 7.87. The fourth-order valence-corrected chi connectivity index (χ4v) is 2.33. The molecule has 2 rings (SSSR count). The van der Waals surface area contributed by atoms with Gasteiger partial charge in [-0.1, -0.05) is 35.9 Å². The van der Waals surface area contributed by atoms with Crippen LogP contribution in [0.25, 0.3) is 0 Å². The highest BCUT2D eigenvalue weighted by molar-refractivity contribution is 6.30. The highest BCUT2D eigenvalue weighted by atomic mass is 35.5. The number of carbonyl (C=O) groups is 1. The molecular weight excluding hydrogens is 314 g/mol.